The van der Waals surface area contributed by atoms with Gasteiger partial charge in [-0.05, 0) is 219 Å². The summed E-state index contributed by atoms with van der Waals surface area (Å²) < 4.78 is 219. The van der Waals surface area contributed by atoms with Crippen LogP contribution in [0.25, 0.3) is 0 Å². The minimum atomic E-state index is -6.80. The van der Waals surface area contributed by atoms with Gasteiger partial charge in [-0.2, -0.15) is 43.9 Å². The molecule has 6 aromatic rings. The number of hydrogen-bond acceptors (Lipinski definition) is 17. The van der Waals surface area contributed by atoms with Crippen molar-refractivity contribution in [2.75, 3.05) is 0 Å². The molecular formula is C95H110F10O17S4. The van der Waals surface area contributed by atoms with E-state index in [1.54, 1.807) is 20.8 Å². The number of hydrogen-bond donors (Lipinski definition) is 0. The molecular weight excluding hydrogens is 1730 g/mol. The molecule has 0 bridgehead atoms. The van der Waals surface area contributed by atoms with Gasteiger partial charge in [0.2, 0.25) is 0 Å². The topological polar surface area (TPSA) is 271 Å². The van der Waals surface area contributed by atoms with E-state index in [0.29, 0.717) is 63.2 Å². The average molecular weight is 1840 g/mol. The maximum Gasteiger partial charge on any atom is 0.432 e. The molecule has 17 nitrogen and oxygen atoms in total. The van der Waals surface area contributed by atoms with Crippen LogP contribution in [0.2, 0.25) is 0 Å². The first kappa shape index (κ1) is 98.6. The molecule has 8 fully saturated rings. The lowest BCUT2D eigenvalue weighted by Crippen LogP contribution is -2.63. The fourth-order valence-electron chi connectivity index (χ4n) is 23.0. The Morgan fingerprint density at radius 1 is 0.468 bits per heavy atom. The molecule has 0 spiro atoms. The predicted molar refractivity (Wildman–Crippen MR) is 448 cm³/mol. The van der Waals surface area contributed by atoms with Crippen molar-refractivity contribution in [3.8, 4) is 0 Å². The predicted octanol–water partition coefficient (Wildman–Crippen LogP) is 20.6. The fourth-order valence-corrected chi connectivity index (χ4v) is 28.1. The number of alkyl halides is 10. The van der Waals surface area contributed by atoms with Crippen molar-refractivity contribution >= 4 is 83.3 Å². The fraction of sp³-hybridized carbons (Fsp3) is 0.547. The van der Waals surface area contributed by atoms with Gasteiger partial charge in [-0.1, -0.05) is 164 Å². The smallest absolute Gasteiger partial charge is 0.432 e. The van der Waals surface area contributed by atoms with Gasteiger partial charge in [0.15, 0.2) is 49.6 Å². The highest BCUT2D eigenvalue weighted by Crippen LogP contribution is 2.71. The van der Waals surface area contributed by atoms with E-state index >= 15 is 0 Å². The van der Waals surface area contributed by atoms with Gasteiger partial charge in [-0.3, -0.25) is 33.6 Å². The van der Waals surface area contributed by atoms with Crippen molar-refractivity contribution in [2.24, 2.45) is 98.6 Å². The van der Waals surface area contributed by atoms with Crippen molar-refractivity contribution < 1.29 is 122 Å². The van der Waals surface area contributed by atoms with E-state index in [-0.39, 0.29) is 141 Å². The maximum atomic E-state index is 13.9. The van der Waals surface area contributed by atoms with Crippen LogP contribution in [0.15, 0.2) is 211 Å². The standard InChI is InChI=1S/C32H47F5O9S.C27H35F5O8S.2C18H15S/c1-16-11-12-29(5)20(13-16)14-24(44-18(3)38)27-22-9-8-21(30(22,6)25(15-23(27)29)45-19(4)39)17(2)7-10-26(40)46-28(31(33,34)35)32(36,37)47(41,42)43;1-13(4-7-21(36)40-23(26(28,29)30)27(31,32)41(37,38)39)16-5-6-17-22-18(12-20(35)25(16,17)3)24(2)9-8-15(33)10-14(24)11-19(22)34;2*1-4-10-16(11-5-1)19(17-12-6-2-7-13-17)18-14-8-3-9-15-18/h16-17,20-25,27-28H,7-15H2,1-6H3,(H,41,42,43);13-14,16-18,22-23H,4-12H2,1-3H3,(H,37,38,39);2*1-15H/q;;2*+1/p-2. The van der Waals surface area contributed by atoms with Crippen molar-refractivity contribution in [1.82, 2.24) is 0 Å². The Morgan fingerprint density at radius 3 is 1.24 bits per heavy atom. The zero-order valence-electron chi connectivity index (χ0n) is 71.7. The molecule has 6 aromatic carbocycles. The van der Waals surface area contributed by atoms with Crippen molar-refractivity contribution in [2.45, 2.75) is 255 Å². The number of benzene rings is 6. The lowest BCUT2D eigenvalue weighted by Gasteiger charge is -2.64. The highest BCUT2D eigenvalue weighted by atomic mass is 32.2. The Morgan fingerprint density at radius 2 is 0.849 bits per heavy atom. The Hall–Kier alpha value is -7.97. The normalized spacial score (nSPS) is 29.8. The molecule has 0 amide bonds. The van der Waals surface area contributed by atoms with Crippen LogP contribution in [0.1, 0.15) is 178 Å². The molecule has 686 valence electrons. The number of fused-ring (bicyclic) bond motifs is 10. The van der Waals surface area contributed by atoms with Gasteiger partial charge in [0.1, 0.15) is 29.6 Å². The third-order valence-corrected chi connectivity index (χ3v) is 35.4. The van der Waals surface area contributed by atoms with Crippen LogP contribution in [0.4, 0.5) is 43.9 Å². The largest absolute Gasteiger partial charge is 0.743 e. The molecule has 8 aliphatic carbocycles. The number of Topliss-reactive ketones (excluding diaryl/α,β-unsaturated/α-hetero) is 3. The molecule has 31 heteroatoms. The molecule has 8 aliphatic rings. The van der Waals surface area contributed by atoms with E-state index in [2.05, 4.69) is 212 Å². The number of rotatable bonds is 22. The molecule has 126 heavy (non-hydrogen) atoms. The molecule has 0 aliphatic heterocycles. The van der Waals surface area contributed by atoms with Gasteiger partial charge >= 0.3 is 46.7 Å². The van der Waals surface area contributed by atoms with Crippen molar-refractivity contribution in [3.05, 3.63) is 182 Å². The lowest BCUT2D eigenvalue weighted by atomic mass is 9.42. The van der Waals surface area contributed by atoms with Crippen LogP contribution in [-0.2, 0) is 94.5 Å². The Balaban J connectivity index is 0.000000175. The van der Waals surface area contributed by atoms with E-state index in [1.165, 1.54) is 43.2 Å². The van der Waals surface area contributed by atoms with Crippen LogP contribution >= 0.6 is 0 Å². The lowest BCUT2D eigenvalue weighted by molar-refractivity contribution is -0.259. The van der Waals surface area contributed by atoms with Gasteiger partial charge in [-0.25, -0.2) is 16.8 Å². The quantitative estimate of drug-likeness (QED) is 0.0201. The van der Waals surface area contributed by atoms with Crippen LogP contribution < -0.4 is 0 Å². The van der Waals surface area contributed by atoms with Crippen LogP contribution in [0, 0.1) is 98.6 Å². The molecule has 0 saturated heterocycles. The number of carbonyl (C=O) groups is 7. The third kappa shape index (κ3) is 21.1. The molecule has 0 radical (unpaired) electrons. The first-order valence-corrected chi connectivity index (χ1v) is 48.2. The Labute approximate surface area is 736 Å². The number of esters is 4. The van der Waals surface area contributed by atoms with E-state index in [0.717, 1.165) is 25.7 Å². The van der Waals surface area contributed by atoms with Gasteiger partial charge in [-0.15, -0.1) is 0 Å². The summed E-state index contributed by atoms with van der Waals surface area (Å²) in [6.07, 6.45) is -15.1. The number of carbonyl (C=O) groups excluding carboxylic acids is 7. The summed E-state index contributed by atoms with van der Waals surface area (Å²) in [7, 11) is -13.6. The Bertz CT molecular complexity index is 4720. The maximum absolute atomic E-state index is 13.9. The average Bonchev–Trinajstić information content (AvgIpc) is 1.42. The molecule has 0 N–H and O–H groups in total. The second-order valence-corrected chi connectivity index (χ2v) is 43.4. The molecule has 0 heterocycles. The third-order valence-electron chi connectivity index (χ3n) is 29.1. The number of ketones is 3. The summed E-state index contributed by atoms with van der Waals surface area (Å²) in [5.74, 6) is -5.66. The summed E-state index contributed by atoms with van der Waals surface area (Å²) in [4.78, 5) is 96.9. The Kier molecular flexibility index (Phi) is 30.8. The van der Waals surface area contributed by atoms with Crippen LogP contribution in [0.3, 0.4) is 0 Å². The van der Waals surface area contributed by atoms with Crippen LogP contribution in [0.5, 0.6) is 0 Å². The summed E-state index contributed by atoms with van der Waals surface area (Å²) in [6.45, 7) is 16.6. The number of halogens is 10. The zero-order valence-corrected chi connectivity index (χ0v) is 75.0. The minimum Gasteiger partial charge on any atom is -0.743 e. The summed E-state index contributed by atoms with van der Waals surface area (Å²) >= 11 is 0. The summed E-state index contributed by atoms with van der Waals surface area (Å²) in [5.41, 5.74) is -1.98. The van der Waals surface area contributed by atoms with Gasteiger partial charge in [0.05, 0.1) is 21.8 Å². The van der Waals surface area contributed by atoms with E-state index in [9.17, 15) is 103 Å². The van der Waals surface area contributed by atoms with Crippen LogP contribution in [-0.4, -0.2) is 114 Å². The SMILES string of the molecule is CC(=O)OC1CC2CC(C)CCC2(C)C2CC(OC(C)=O)C3(C)C(C(C)CCC(=O)OC(C(F)(F)F)C(F)(F)S(=O)(=O)[O-])CCC3C12.CC(CCC(=O)OC(C(F)(F)F)C(F)(F)S(=O)(=O)[O-])C1CCC2C3C(=O)CC4CC(=O)CCC4(C)C3CC(=O)C12C.c1ccc([S+](c2ccccc2)c2ccccc2)cc1.c1ccc([S+](c2ccccc2)c2ccccc2)cc1. The summed E-state index contributed by atoms with van der Waals surface area (Å²) in [6, 6.07) is 64.3. The van der Waals surface area contributed by atoms with Gasteiger partial charge < -0.3 is 28.1 Å². The summed E-state index contributed by atoms with van der Waals surface area (Å²) in [5, 5.41) is -11.8. The van der Waals surface area contributed by atoms with Gasteiger partial charge in [0.25, 0.3) is 12.2 Å². The minimum absolute atomic E-state index is 0.0146. The molecule has 8 saturated carbocycles. The zero-order chi connectivity index (χ0) is 92.2. The highest BCUT2D eigenvalue weighted by Gasteiger charge is 2.70. The van der Waals surface area contributed by atoms with Gasteiger partial charge in [0, 0.05) is 75.0 Å². The van der Waals surface area contributed by atoms with Crippen molar-refractivity contribution in [3.63, 3.8) is 0 Å². The first-order chi connectivity index (χ1) is 59.0. The van der Waals surface area contributed by atoms with Crippen molar-refractivity contribution in [1.29, 1.82) is 0 Å². The first-order valence-electron chi connectivity index (χ1n) is 42.9. The molecule has 21 unspecified atom stereocenters. The van der Waals surface area contributed by atoms with E-state index in [4.69, 9.17) is 9.47 Å². The molecule has 14 rings (SSSR count). The monoisotopic (exact) mass is 1840 g/mol. The van der Waals surface area contributed by atoms with E-state index in [1.807, 2.05) is 6.92 Å². The highest BCUT2D eigenvalue weighted by molar-refractivity contribution is 7.97. The number of ether oxygens (including phenoxy) is 4. The van der Waals surface area contributed by atoms with E-state index < -0.39 is 115 Å². The molecule has 21 atom stereocenters. The second kappa shape index (κ2) is 39.4. The molecule has 0 aromatic heterocycles. The second-order valence-electron chi connectivity index (χ2n) is 36.5.